The molecule has 2 N–H and O–H groups in total. The first-order chi connectivity index (χ1) is 8.58. The summed E-state index contributed by atoms with van der Waals surface area (Å²) in [5.41, 5.74) is 11.5. The van der Waals surface area contributed by atoms with E-state index >= 15 is 0 Å². The van der Waals surface area contributed by atoms with Crippen molar-refractivity contribution in [3.05, 3.63) is 46.0 Å². The molecule has 0 saturated carbocycles. The number of nitrogens with zero attached hydrogens (tertiary/aromatic N) is 1. The molecule has 96 valence electrons. The highest BCUT2D eigenvalue weighted by Gasteiger charge is 2.13. The van der Waals surface area contributed by atoms with Gasteiger partial charge in [-0.2, -0.15) is 0 Å². The Morgan fingerprint density at radius 2 is 1.94 bits per heavy atom. The van der Waals surface area contributed by atoms with Gasteiger partial charge in [0, 0.05) is 23.4 Å². The van der Waals surface area contributed by atoms with Crippen LogP contribution in [0, 0.1) is 20.8 Å². The average Bonchev–Trinajstić information content (AvgIpc) is 2.77. The van der Waals surface area contributed by atoms with Gasteiger partial charge in [0.05, 0.1) is 0 Å². The molecular weight excluding hydrogens is 260 g/mol. The second-order valence-electron chi connectivity index (χ2n) is 4.53. The maximum atomic E-state index is 6.32. The van der Waals surface area contributed by atoms with Gasteiger partial charge in [0.15, 0.2) is 0 Å². The van der Waals surface area contributed by atoms with Crippen LogP contribution in [0.1, 0.15) is 28.3 Å². The van der Waals surface area contributed by atoms with Crippen molar-refractivity contribution in [1.82, 2.24) is 4.98 Å². The largest absolute Gasteiger partial charge is 0.323 e. The van der Waals surface area contributed by atoms with Crippen LogP contribution in [0.4, 0.5) is 0 Å². The summed E-state index contributed by atoms with van der Waals surface area (Å²) in [5.74, 6) is 0.873. The Balaban J connectivity index is 2.11. The minimum atomic E-state index is 0.0690. The van der Waals surface area contributed by atoms with E-state index in [-0.39, 0.29) is 6.04 Å². The Bertz CT molecular complexity index is 498. The monoisotopic (exact) mass is 278 g/mol. The molecule has 0 saturated heterocycles. The van der Waals surface area contributed by atoms with Crippen molar-refractivity contribution >= 4 is 23.1 Å². The summed E-state index contributed by atoms with van der Waals surface area (Å²) < 4.78 is 1.09. The molecule has 0 aliphatic rings. The molecule has 2 nitrogen and oxygen atoms in total. The lowest BCUT2D eigenvalue weighted by atomic mass is 9.95. The number of aryl methyl sites for hydroxylation is 3. The topological polar surface area (TPSA) is 38.9 Å². The first-order valence-electron chi connectivity index (χ1n) is 5.93. The number of hydrogen-bond acceptors (Lipinski definition) is 4. The maximum absolute atomic E-state index is 6.32. The van der Waals surface area contributed by atoms with Gasteiger partial charge in [-0.05, 0) is 37.5 Å². The summed E-state index contributed by atoms with van der Waals surface area (Å²) in [6.45, 7) is 6.41. The zero-order valence-electron chi connectivity index (χ0n) is 10.9. The van der Waals surface area contributed by atoms with Crippen LogP contribution in [-0.4, -0.2) is 10.7 Å². The van der Waals surface area contributed by atoms with Gasteiger partial charge in [-0.1, -0.05) is 29.5 Å². The van der Waals surface area contributed by atoms with Gasteiger partial charge >= 0.3 is 0 Å². The number of hydrogen-bond donors (Lipinski definition) is 1. The molecule has 1 heterocycles. The quantitative estimate of drug-likeness (QED) is 0.863. The van der Waals surface area contributed by atoms with Crippen molar-refractivity contribution in [2.45, 2.75) is 31.2 Å². The Kier molecular flexibility index (Phi) is 4.43. The first-order valence-corrected chi connectivity index (χ1v) is 7.80. The number of benzene rings is 1. The third-order valence-electron chi connectivity index (χ3n) is 2.90. The summed E-state index contributed by atoms with van der Waals surface area (Å²) >= 11 is 3.40. The van der Waals surface area contributed by atoms with E-state index in [9.17, 15) is 0 Å². The highest BCUT2D eigenvalue weighted by atomic mass is 32.2. The molecule has 1 aromatic heterocycles. The van der Waals surface area contributed by atoms with Gasteiger partial charge < -0.3 is 5.73 Å². The van der Waals surface area contributed by atoms with Gasteiger partial charge in [-0.3, -0.25) is 0 Å². The lowest BCUT2D eigenvalue weighted by molar-refractivity contribution is 0.812. The Labute approximate surface area is 117 Å². The SMILES string of the molecule is Cc1cc(C)c(C(N)CSc2nccs2)c(C)c1. The molecule has 1 unspecified atom stereocenters. The van der Waals surface area contributed by atoms with Gasteiger partial charge in [0.1, 0.15) is 4.34 Å². The molecule has 4 heteroatoms. The van der Waals surface area contributed by atoms with E-state index in [0.29, 0.717) is 0 Å². The molecule has 1 atom stereocenters. The Morgan fingerprint density at radius 1 is 1.28 bits per heavy atom. The smallest absolute Gasteiger partial charge is 0.149 e. The van der Waals surface area contributed by atoms with Crippen LogP contribution < -0.4 is 5.73 Å². The molecule has 0 amide bonds. The van der Waals surface area contributed by atoms with Crippen LogP contribution in [0.2, 0.25) is 0 Å². The van der Waals surface area contributed by atoms with Gasteiger partial charge in [-0.15, -0.1) is 11.3 Å². The fourth-order valence-electron chi connectivity index (χ4n) is 2.30. The number of nitrogens with two attached hydrogens (primary N) is 1. The third-order valence-corrected chi connectivity index (χ3v) is 4.99. The van der Waals surface area contributed by atoms with E-state index < -0.39 is 0 Å². The third kappa shape index (κ3) is 3.13. The normalized spacial score (nSPS) is 12.7. The fourth-order valence-corrected chi connectivity index (χ4v) is 3.93. The molecule has 0 aliphatic heterocycles. The van der Waals surface area contributed by atoms with Crippen LogP contribution >= 0.6 is 23.1 Å². The van der Waals surface area contributed by atoms with Gasteiger partial charge in [0.25, 0.3) is 0 Å². The summed E-state index contributed by atoms with van der Waals surface area (Å²) in [7, 11) is 0. The second-order valence-corrected chi connectivity index (χ2v) is 6.69. The number of aromatic nitrogens is 1. The Hall–Kier alpha value is -0.840. The summed E-state index contributed by atoms with van der Waals surface area (Å²) in [5, 5.41) is 2.00. The van der Waals surface area contributed by atoms with Crippen molar-refractivity contribution in [2.24, 2.45) is 5.73 Å². The van der Waals surface area contributed by atoms with E-state index in [4.69, 9.17) is 5.73 Å². The lowest BCUT2D eigenvalue weighted by Crippen LogP contribution is -2.16. The minimum Gasteiger partial charge on any atom is -0.323 e. The summed E-state index contributed by atoms with van der Waals surface area (Å²) in [4.78, 5) is 4.27. The van der Waals surface area contributed by atoms with Crippen LogP contribution in [0.5, 0.6) is 0 Å². The second kappa shape index (κ2) is 5.87. The summed E-state index contributed by atoms with van der Waals surface area (Å²) in [6, 6.07) is 4.48. The van der Waals surface area contributed by atoms with Crippen LogP contribution in [0.15, 0.2) is 28.0 Å². The highest BCUT2D eigenvalue weighted by molar-refractivity contribution is 8.01. The van der Waals surface area contributed by atoms with Crippen molar-refractivity contribution in [2.75, 3.05) is 5.75 Å². The molecule has 0 spiro atoms. The van der Waals surface area contributed by atoms with E-state index in [1.54, 1.807) is 23.1 Å². The van der Waals surface area contributed by atoms with E-state index in [1.807, 2.05) is 11.6 Å². The van der Waals surface area contributed by atoms with Crippen molar-refractivity contribution in [3.8, 4) is 0 Å². The summed E-state index contributed by atoms with van der Waals surface area (Å²) in [6.07, 6.45) is 1.83. The zero-order valence-corrected chi connectivity index (χ0v) is 12.6. The van der Waals surface area contributed by atoms with E-state index in [0.717, 1.165) is 10.1 Å². The maximum Gasteiger partial charge on any atom is 0.149 e. The molecule has 1 aromatic carbocycles. The van der Waals surface area contributed by atoms with E-state index in [1.165, 1.54) is 22.3 Å². The molecule has 2 rings (SSSR count). The number of thiazole rings is 1. The molecule has 0 bridgehead atoms. The standard InChI is InChI=1S/C14H18N2S2/c1-9-6-10(2)13(11(3)7-9)12(15)8-18-14-16-4-5-17-14/h4-7,12H,8,15H2,1-3H3. The van der Waals surface area contributed by atoms with Crippen LogP contribution in [-0.2, 0) is 0 Å². The van der Waals surface area contributed by atoms with Crippen molar-refractivity contribution in [3.63, 3.8) is 0 Å². The van der Waals surface area contributed by atoms with Crippen LogP contribution in [0.25, 0.3) is 0 Å². The molecule has 18 heavy (non-hydrogen) atoms. The predicted octanol–water partition coefficient (Wildman–Crippen LogP) is 3.86. The number of rotatable bonds is 4. The molecule has 0 aliphatic carbocycles. The molecule has 0 radical (unpaired) electrons. The molecule has 0 fully saturated rings. The number of thioether (sulfide) groups is 1. The van der Waals surface area contributed by atoms with Crippen molar-refractivity contribution < 1.29 is 0 Å². The minimum absolute atomic E-state index is 0.0690. The fraction of sp³-hybridized carbons (Fsp3) is 0.357. The highest BCUT2D eigenvalue weighted by Crippen LogP contribution is 2.28. The van der Waals surface area contributed by atoms with E-state index in [2.05, 4.69) is 37.9 Å². The predicted molar refractivity (Wildman–Crippen MR) is 80.4 cm³/mol. The van der Waals surface area contributed by atoms with Gasteiger partial charge in [0.2, 0.25) is 0 Å². The molecule has 2 aromatic rings. The molecular formula is C14H18N2S2. The lowest BCUT2D eigenvalue weighted by Gasteiger charge is -2.17. The average molecular weight is 278 g/mol. The van der Waals surface area contributed by atoms with Crippen molar-refractivity contribution in [1.29, 1.82) is 0 Å². The zero-order chi connectivity index (χ0) is 13.1. The Morgan fingerprint density at radius 3 is 2.50 bits per heavy atom. The first kappa shape index (κ1) is 13.6. The van der Waals surface area contributed by atoms with Gasteiger partial charge in [-0.25, -0.2) is 4.98 Å². The van der Waals surface area contributed by atoms with Crippen LogP contribution in [0.3, 0.4) is 0 Å².